The van der Waals surface area contributed by atoms with E-state index in [1.807, 2.05) is 51.1 Å². The van der Waals surface area contributed by atoms with Gasteiger partial charge in [-0.2, -0.15) is 0 Å². The van der Waals surface area contributed by atoms with Crippen LogP contribution in [0.15, 0.2) is 42.5 Å². The molecule has 0 heterocycles. The summed E-state index contributed by atoms with van der Waals surface area (Å²) in [5.74, 6) is 0. The summed E-state index contributed by atoms with van der Waals surface area (Å²) in [4.78, 5) is 24.2. The second-order valence-corrected chi connectivity index (χ2v) is 5.74. The third-order valence-corrected chi connectivity index (χ3v) is 2.65. The fourth-order valence-corrected chi connectivity index (χ4v) is 1.75. The van der Waals surface area contributed by atoms with Crippen molar-refractivity contribution in [1.29, 1.82) is 0 Å². The monoisotopic (exact) mass is 289 g/mol. The van der Waals surface area contributed by atoms with Gasteiger partial charge < -0.3 is 9.64 Å². The van der Waals surface area contributed by atoms with Crippen LogP contribution in [-0.2, 0) is 16.1 Å². The number of carbonyl (C=O) groups excluding carboxylic acids is 2. The highest BCUT2D eigenvalue weighted by Gasteiger charge is 2.21. The second kappa shape index (κ2) is 8.25. The molecule has 0 aliphatic carbocycles. The van der Waals surface area contributed by atoms with E-state index < -0.39 is 5.60 Å². The molecule has 0 aromatic heterocycles. The topological polar surface area (TPSA) is 46.6 Å². The zero-order valence-corrected chi connectivity index (χ0v) is 12.9. The molecule has 114 valence electrons. The quantitative estimate of drug-likeness (QED) is 0.594. The van der Waals surface area contributed by atoms with E-state index in [0.29, 0.717) is 19.5 Å². The molecule has 1 rings (SSSR count). The Labute approximate surface area is 126 Å². The maximum atomic E-state index is 12.2. The van der Waals surface area contributed by atoms with E-state index in [9.17, 15) is 9.59 Å². The Morgan fingerprint density at radius 2 is 1.90 bits per heavy atom. The van der Waals surface area contributed by atoms with E-state index in [1.165, 1.54) is 6.08 Å². The van der Waals surface area contributed by atoms with Crippen molar-refractivity contribution in [2.75, 3.05) is 6.54 Å². The fourth-order valence-electron chi connectivity index (χ4n) is 1.75. The lowest BCUT2D eigenvalue weighted by Gasteiger charge is -2.27. The molecule has 1 amide bonds. The average molecular weight is 289 g/mol. The summed E-state index contributed by atoms with van der Waals surface area (Å²) >= 11 is 0. The first kappa shape index (κ1) is 17.0. The molecule has 0 fully saturated rings. The lowest BCUT2D eigenvalue weighted by molar-refractivity contribution is -0.104. The third-order valence-electron chi connectivity index (χ3n) is 2.65. The fraction of sp³-hybridized carbons (Fsp3) is 0.412. The molecule has 1 aromatic rings. The normalized spacial score (nSPS) is 11.4. The minimum atomic E-state index is -0.523. The second-order valence-electron chi connectivity index (χ2n) is 5.74. The van der Waals surface area contributed by atoms with Crippen LogP contribution in [0.25, 0.3) is 0 Å². The molecule has 0 atom stereocenters. The number of allylic oxidation sites excluding steroid dienone is 1. The van der Waals surface area contributed by atoms with Gasteiger partial charge in [0, 0.05) is 13.1 Å². The standard InChI is InChI=1S/C17H23NO3/c1-17(2,3)21-16(20)18(12-8-5-9-13-19)14-15-10-6-4-7-11-15/h4-7,9-11,13H,8,12,14H2,1-3H3/b9-5+. The number of carbonyl (C=O) groups is 2. The number of nitrogens with zero attached hydrogens (tertiary/aromatic N) is 1. The summed E-state index contributed by atoms with van der Waals surface area (Å²) in [6.07, 6.45) is 4.19. The van der Waals surface area contributed by atoms with Crippen molar-refractivity contribution < 1.29 is 14.3 Å². The molecule has 0 N–H and O–H groups in total. The molecule has 0 unspecified atom stereocenters. The van der Waals surface area contributed by atoms with Gasteiger partial charge in [0.25, 0.3) is 0 Å². The molecule has 0 saturated heterocycles. The SMILES string of the molecule is CC(C)(C)OC(=O)N(CC/C=C/C=O)Cc1ccccc1. The Kier molecular flexibility index (Phi) is 6.66. The minimum Gasteiger partial charge on any atom is -0.444 e. The summed E-state index contributed by atoms with van der Waals surface area (Å²) in [5.41, 5.74) is 0.521. The summed E-state index contributed by atoms with van der Waals surface area (Å²) in [7, 11) is 0. The van der Waals surface area contributed by atoms with Crippen LogP contribution in [0.3, 0.4) is 0 Å². The van der Waals surface area contributed by atoms with Crippen LogP contribution < -0.4 is 0 Å². The molecule has 0 saturated carbocycles. The first-order valence-corrected chi connectivity index (χ1v) is 7.04. The van der Waals surface area contributed by atoms with Gasteiger partial charge in [-0.05, 0) is 38.8 Å². The highest BCUT2D eigenvalue weighted by atomic mass is 16.6. The maximum Gasteiger partial charge on any atom is 0.410 e. The molecular formula is C17H23NO3. The van der Waals surface area contributed by atoms with Gasteiger partial charge >= 0.3 is 6.09 Å². The van der Waals surface area contributed by atoms with Crippen LogP contribution in [0.1, 0.15) is 32.8 Å². The van der Waals surface area contributed by atoms with Crippen LogP contribution in [0, 0.1) is 0 Å². The van der Waals surface area contributed by atoms with Crippen molar-refractivity contribution in [1.82, 2.24) is 4.90 Å². The molecule has 0 aliphatic rings. The summed E-state index contributed by atoms with van der Waals surface area (Å²) < 4.78 is 5.42. The first-order valence-electron chi connectivity index (χ1n) is 7.04. The molecule has 0 bridgehead atoms. The number of aldehydes is 1. The van der Waals surface area contributed by atoms with Crippen molar-refractivity contribution in [2.45, 2.75) is 39.3 Å². The Bertz CT molecular complexity index is 475. The molecular weight excluding hydrogens is 266 g/mol. The van der Waals surface area contributed by atoms with Crippen molar-refractivity contribution in [3.8, 4) is 0 Å². The largest absolute Gasteiger partial charge is 0.444 e. The lowest BCUT2D eigenvalue weighted by atomic mass is 10.2. The van der Waals surface area contributed by atoms with Gasteiger partial charge in [-0.3, -0.25) is 4.79 Å². The lowest BCUT2D eigenvalue weighted by Crippen LogP contribution is -2.36. The highest BCUT2D eigenvalue weighted by Crippen LogP contribution is 2.13. The minimum absolute atomic E-state index is 0.342. The van der Waals surface area contributed by atoms with Gasteiger partial charge in [-0.25, -0.2) is 4.79 Å². The van der Waals surface area contributed by atoms with E-state index in [1.54, 1.807) is 11.0 Å². The van der Waals surface area contributed by atoms with E-state index in [0.717, 1.165) is 11.8 Å². The zero-order chi connectivity index (χ0) is 15.7. The first-order chi connectivity index (χ1) is 9.92. The predicted molar refractivity (Wildman–Crippen MR) is 82.9 cm³/mol. The Balaban J connectivity index is 2.71. The average Bonchev–Trinajstić information content (AvgIpc) is 2.41. The van der Waals surface area contributed by atoms with E-state index in [4.69, 9.17) is 4.74 Å². The van der Waals surface area contributed by atoms with E-state index in [-0.39, 0.29) is 6.09 Å². The van der Waals surface area contributed by atoms with Crippen LogP contribution in [0.5, 0.6) is 0 Å². The summed E-state index contributed by atoms with van der Waals surface area (Å²) in [6, 6.07) is 9.76. The maximum absolute atomic E-state index is 12.2. The highest BCUT2D eigenvalue weighted by molar-refractivity contribution is 5.68. The summed E-state index contributed by atoms with van der Waals surface area (Å²) in [6.45, 7) is 6.53. The van der Waals surface area contributed by atoms with Gasteiger partial charge in [-0.15, -0.1) is 0 Å². The van der Waals surface area contributed by atoms with E-state index >= 15 is 0 Å². The van der Waals surface area contributed by atoms with Gasteiger partial charge in [0.15, 0.2) is 0 Å². The van der Waals surface area contributed by atoms with Crippen LogP contribution in [0.4, 0.5) is 4.79 Å². The van der Waals surface area contributed by atoms with Crippen LogP contribution in [-0.4, -0.2) is 29.4 Å². The third kappa shape index (κ3) is 7.30. The van der Waals surface area contributed by atoms with Crippen LogP contribution >= 0.6 is 0 Å². The van der Waals surface area contributed by atoms with Crippen LogP contribution in [0.2, 0.25) is 0 Å². The number of benzene rings is 1. The van der Waals surface area contributed by atoms with Gasteiger partial charge in [0.1, 0.15) is 11.9 Å². The molecule has 0 aliphatic heterocycles. The van der Waals surface area contributed by atoms with Crippen molar-refractivity contribution in [2.24, 2.45) is 0 Å². The molecule has 4 heteroatoms. The molecule has 21 heavy (non-hydrogen) atoms. The Morgan fingerprint density at radius 1 is 1.24 bits per heavy atom. The molecule has 4 nitrogen and oxygen atoms in total. The van der Waals surface area contributed by atoms with Gasteiger partial charge in [0.2, 0.25) is 0 Å². The van der Waals surface area contributed by atoms with Crippen molar-refractivity contribution in [3.05, 3.63) is 48.0 Å². The number of rotatable bonds is 6. The smallest absolute Gasteiger partial charge is 0.410 e. The van der Waals surface area contributed by atoms with Gasteiger partial charge in [0.05, 0.1) is 0 Å². The number of amides is 1. The van der Waals surface area contributed by atoms with Gasteiger partial charge in [-0.1, -0.05) is 36.4 Å². The molecule has 0 radical (unpaired) electrons. The molecule has 1 aromatic carbocycles. The number of hydrogen-bond donors (Lipinski definition) is 0. The number of ether oxygens (including phenoxy) is 1. The summed E-state index contributed by atoms with van der Waals surface area (Å²) in [5, 5.41) is 0. The Morgan fingerprint density at radius 3 is 2.48 bits per heavy atom. The predicted octanol–water partition coefficient (Wildman–Crippen LogP) is 3.57. The number of hydrogen-bond acceptors (Lipinski definition) is 3. The van der Waals surface area contributed by atoms with E-state index in [2.05, 4.69) is 0 Å². The molecule has 0 spiro atoms. The Hall–Kier alpha value is -2.10. The van der Waals surface area contributed by atoms with Crippen molar-refractivity contribution in [3.63, 3.8) is 0 Å². The zero-order valence-electron chi connectivity index (χ0n) is 12.9. The van der Waals surface area contributed by atoms with Crippen molar-refractivity contribution >= 4 is 12.4 Å².